The average Bonchev–Trinajstić information content (AvgIpc) is 2.54. The van der Waals surface area contributed by atoms with Gasteiger partial charge in [0, 0.05) is 43.3 Å². The molecule has 2 heterocycles. The number of carbonyl (C=O) groups excluding carboxylic acids is 1. The van der Waals surface area contributed by atoms with Crippen molar-refractivity contribution in [1.29, 1.82) is 0 Å². The lowest BCUT2D eigenvalue weighted by Crippen LogP contribution is -2.43. The van der Waals surface area contributed by atoms with Crippen LogP contribution in [0.2, 0.25) is 0 Å². The molecule has 1 amide bonds. The zero-order valence-corrected chi connectivity index (χ0v) is 12.6. The van der Waals surface area contributed by atoms with Crippen LogP contribution in [0.25, 0.3) is 10.9 Å². The Morgan fingerprint density at radius 1 is 1.23 bits per heavy atom. The number of amides is 1. The van der Waals surface area contributed by atoms with E-state index in [0.29, 0.717) is 0 Å². The third-order valence-electron chi connectivity index (χ3n) is 4.19. The number of hydrogen-bond donors (Lipinski definition) is 2. The van der Waals surface area contributed by atoms with E-state index in [9.17, 15) is 9.59 Å². The van der Waals surface area contributed by atoms with E-state index in [2.05, 4.69) is 16.3 Å². The van der Waals surface area contributed by atoms with Crippen LogP contribution in [0.4, 0.5) is 5.69 Å². The van der Waals surface area contributed by atoms with E-state index in [0.717, 1.165) is 42.8 Å². The Bertz CT molecular complexity index is 762. The molecular weight excluding hydrogens is 280 g/mol. The second kappa shape index (κ2) is 5.81. The molecule has 116 valence electrons. The maximum atomic E-state index is 12.1. The van der Waals surface area contributed by atoms with E-state index in [-0.39, 0.29) is 5.56 Å². The fourth-order valence-corrected chi connectivity index (χ4v) is 2.90. The first-order valence-electron chi connectivity index (χ1n) is 7.48. The molecule has 1 atom stereocenters. The minimum atomic E-state index is -0.666. The molecule has 0 radical (unpaired) electrons. The molecule has 1 saturated heterocycles. The van der Waals surface area contributed by atoms with Crippen molar-refractivity contribution in [3.05, 3.63) is 40.7 Å². The van der Waals surface area contributed by atoms with E-state index in [1.807, 2.05) is 12.1 Å². The molecule has 0 saturated carbocycles. The van der Waals surface area contributed by atoms with Crippen LogP contribution in [-0.4, -0.2) is 36.7 Å². The van der Waals surface area contributed by atoms with Gasteiger partial charge in [-0.25, -0.2) is 0 Å². The SMILES string of the molecule is CC(C(N)=O)n1c(=O)ccc2cc(N3CCNCC3)ccc21. The second-order valence-corrected chi connectivity index (χ2v) is 5.60. The first-order chi connectivity index (χ1) is 10.6. The number of primary amides is 1. The zero-order chi connectivity index (χ0) is 15.7. The van der Waals surface area contributed by atoms with Gasteiger partial charge < -0.3 is 16.0 Å². The predicted molar refractivity (Wildman–Crippen MR) is 87.2 cm³/mol. The highest BCUT2D eigenvalue weighted by Crippen LogP contribution is 2.23. The number of fused-ring (bicyclic) bond motifs is 1. The molecule has 6 heteroatoms. The molecule has 0 bridgehead atoms. The van der Waals surface area contributed by atoms with E-state index in [4.69, 9.17) is 5.73 Å². The van der Waals surface area contributed by atoms with Gasteiger partial charge in [-0.3, -0.25) is 14.2 Å². The topological polar surface area (TPSA) is 80.4 Å². The van der Waals surface area contributed by atoms with Crippen LogP contribution in [0.3, 0.4) is 0 Å². The van der Waals surface area contributed by atoms with Crippen molar-refractivity contribution in [2.24, 2.45) is 5.73 Å². The van der Waals surface area contributed by atoms with Gasteiger partial charge in [0.05, 0.1) is 5.52 Å². The number of rotatable bonds is 3. The molecule has 22 heavy (non-hydrogen) atoms. The van der Waals surface area contributed by atoms with Crippen LogP contribution in [0, 0.1) is 0 Å². The molecule has 2 aromatic rings. The molecule has 3 N–H and O–H groups in total. The first kappa shape index (κ1) is 14.6. The predicted octanol–water partition coefficient (Wildman–Crippen LogP) is 0.457. The van der Waals surface area contributed by atoms with Crippen molar-refractivity contribution in [1.82, 2.24) is 9.88 Å². The summed E-state index contributed by atoms with van der Waals surface area (Å²) in [5.74, 6) is -0.513. The fourth-order valence-electron chi connectivity index (χ4n) is 2.90. The number of benzene rings is 1. The van der Waals surface area contributed by atoms with Gasteiger partial charge in [-0.2, -0.15) is 0 Å². The summed E-state index contributed by atoms with van der Waals surface area (Å²) in [4.78, 5) is 25.9. The fraction of sp³-hybridized carbons (Fsp3) is 0.375. The zero-order valence-electron chi connectivity index (χ0n) is 12.6. The minimum absolute atomic E-state index is 0.214. The van der Waals surface area contributed by atoms with Gasteiger partial charge in [-0.15, -0.1) is 0 Å². The Balaban J connectivity index is 2.08. The second-order valence-electron chi connectivity index (χ2n) is 5.60. The summed E-state index contributed by atoms with van der Waals surface area (Å²) in [5, 5.41) is 4.26. The summed E-state index contributed by atoms with van der Waals surface area (Å²) in [6.45, 7) is 5.51. The van der Waals surface area contributed by atoms with Crippen LogP contribution in [0.5, 0.6) is 0 Å². The maximum absolute atomic E-state index is 12.1. The number of aromatic nitrogens is 1. The molecule has 1 aliphatic rings. The van der Waals surface area contributed by atoms with E-state index in [1.165, 1.54) is 10.6 Å². The summed E-state index contributed by atoms with van der Waals surface area (Å²) in [5.41, 5.74) is 7.01. The first-order valence-corrected chi connectivity index (χ1v) is 7.48. The molecule has 1 aliphatic heterocycles. The number of carbonyl (C=O) groups is 1. The Kier molecular flexibility index (Phi) is 3.85. The summed E-state index contributed by atoms with van der Waals surface area (Å²) in [6, 6.07) is 8.58. The van der Waals surface area contributed by atoms with E-state index in [1.54, 1.807) is 13.0 Å². The number of piperazine rings is 1. The molecule has 1 fully saturated rings. The third kappa shape index (κ3) is 2.57. The van der Waals surface area contributed by atoms with Gasteiger partial charge in [0.1, 0.15) is 6.04 Å². The van der Waals surface area contributed by atoms with Crippen molar-refractivity contribution in [2.75, 3.05) is 31.1 Å². The van der Waals surface area contributed by atoms with Gasteiger partial charge in [0.15, 0.2) is 0 Å². The standard InChI is InChI=1S/C16H20N4O2/c1-11(16(17)22)20-14-4-3-13(19-8-6-18-7-9-19)10-12(14)2-5-15(20)21/h2-5,10-11,18H,6-9H2,1H3,(H2,17,22). The van der Waals surface area contributed by atoms with Crippen molar-refractivity contribution in [2.45, 2.75) is 13.0 Å². The number of anilines is 1. The number of pyridine rings is 1. The molecule has 1 unspecified atom stereocenters. The van der Waals surface area contributed by atoms with Crippen LogP contribution in [0.1, 0.15) is 13.0 Å². The molecule has 1 aromatic carbocycles. The van der Waals surface area contributed by atoms with Crippen molar-refractivity contribution < 1.29 is 4.79 Å². The Labute approximate surface area is 128 Å². The molecular formula is C16H20N4O2. The monoisotopic (exact) mass is 300 g/mol. The molecule has 0 spiro atoms. The maximum Gasteiger partial charge on any atom is 0.251 e. The smallest absolute Gasteiger partial charge is 0.251 e. The highest BCUT2D eigenvalue weighted by molar-refractivity contribution is 5.86. The minimum Gasteiger partial charge on any atom is -0.369 e. The van der Waals surface area contributed by atoms with Crippen molar-refractivity contribution in [3.8, 4) is 0 Å². The van der Waals surface area contributed by atoms with Crippen molar-refractivity contribution >= 4 is 22.5 Å². The van der Waals surface area contributed by atoms with Crippen LogP contribution in [0.15, 0.2) is 35.1 Å². The Morgan fingerprint density at radius 2 is 1.95 bits per heavy atom. The van der Waals surface area contributed by atoms with Gasteiger partial charge in [-0.1, -0.05) is 0 Å². The number of nitrogens with zero attached hydrogens (tertiary/aromatic N) is 2. The quantitative estimate of drug-likeness (QED) is 0.863. The van der Waals surface area contributed by atoms with Crippen LogP contribution in [-0.2, 0) is 4.79 Å². The lowest BCUT2D eigenvalue weighted by atomic mass is 10.1. The van der Waals surface area contributed by atoms with E-state index >= 15 is 0 Å². The van der Waals surface area contributed by atoms with Gasteiger partial charge in [0.2, 0.25) is 5.91 Å². The van der Waals surface area contributed by atoms with E-state index < -0.39 is 11.9 Å². The number of hydrogen-bond acceptors (Lipinski definition) is 4. The summed E-state index contributed by atoms with van der Waals surface area (Å²) < 4.78 is 1.46. The lowest BCUT2D eigenvalue weighted by molar-refractivity contribution is -0.120. The molecule has 1 aromatic heterocycles. The summed E-state index contributed by atoms with van der Waals surface area (Å²) in [7, 11) is 0. The summed E-state index contributed by atoms with van der Waals surface area (Å²) >= 11 is 0. The molecule has 6 nitrogen and oxygen atoms in total. The number of nitrogens with two attached hydrogens (primary N) is 1. The van der Waals surface area contributed by atoms with Gasteiger partial charge >= 0.3 is 0 Å². The van der Waals surface area contributed by atoms with Gasteiger partial charge in [0.25, 0.3) is 5.56 Å². The Morgan fingerprint density at radius 3 is 2.64 bits per heavy atom. The Hall–Kier alpha value is -2.34. The molecule has 3 rings (SSSR count). The lowest BCUT2D eigenvalue weighted by Gasteiger charge is -2.29. The highest BCUT2D eigenvalue weighted by Gasteiger charge is 2.16. The summed E-state index contributed by atoms with van der Waals surface area (Å²) in [6.07, 6.45) is 0. The number of nitrogens with one attached hydrogen (secondary N) is 1. The van der Waals surface area contributed by atoms with Crippen molar-refractivity contribution in [3.63, 3.8) is 0 Å². The average molecular weight is 300 g/mol. The van der Waals surface area contributed by atoms with Gasteiger partial charge in [-0.05, 0) is 31.2 Å². The highest BCUT2D eigenvalue weighted by atomic mass is 16.2. The molecule has 0 aliphatic carbocycles. The van der Waals surface area contributed by atoms with Crippen LogP contribution >= 0.6 is 0 Å². The normalized spacial score (nSPS) is 16.7. The largest absolute Gasteiger partial charge is 0.369 e. The third-order valence-corrected chi connectivity index (χ3v) is 4.19. The van der Waals surface area contributed by atoms with Crippen LogP contribution < -0.4 is 21.5 Å².